The Morgan fingerprint density at radius 1 is 1.37 bits per heavy atom. The van der Waals surface area contributed by atoms with Crippen molar-refractivity contribution in [2.24, 2.45) is 5.73 Å². The van der Waals surface area contributed by atoms with E-state index in [2.05, 4.69) is 5.32 Å². The second kappa shape index (κ2) is 5.50. The maximum absolute atomic E-state index is 12.3. The van der Waals surface area contributed by atoms with Gasteiger partial charge in [-0.3, -0.25) is 4.79 Å². The van der Waals surface area contributed by atoms with Gasteiger partial charge in [-0.2, -0.15) is 0 Å². The molecule has 2 atom stereocenters. The number of nitrogens with one attached hydrogen (secondary N) is 1. The summed E-state index contributed by atoms with van der Waals surface area (Å²) in [4.78, 5) is 23.8. The zero-order valence-electron chi connectivity index (χ0n) is 10.6. The zero-order valence-corrected chi connectivity index (χ0v) is 10.6. The van der Waals surface area contributed by atoms with Gasteiger partial charge in [0.05, 0.1) is 6.04 Å². The van der Waals surface area contributed by atoms with Crippen molar-refractivity contribution < 1.29 is 14.7 Å². The van der Waals surface area contributed by atoms with Crippen molar-refractivity contribution in [1.82, 2.24) is 5.32 Å². The van der Waals surface area contributed by atoms with Gasteiger partial charge in [0.25, 0.3) is 0 Å². The van der Waals surface area contributed by atoms with Gasteiger partial charge in [-0.15, -0.1) is 0 Å². The Morgan fingerprint density at radius 3 is 2.58 bits per heavy atom. The Morgan fingerprint density at radius 2 is 2.05 bits per heavy atom. The highest BCUT2D eigenvalue weighted by atomic mass is 16.4. The maximum Gasteiger partial charge on any atom is 0.331 e. The summed E-state index contributed by atoms with van der Waals surface area (Å²) in [6.07, 6.45) is 1.54. The van der Waals surface area contributed by atoms with E-state index in [4.69, 9.17) is 5.73 Å². The summed E-state index contributed by atoms with van der Waals surface area (Å²) in [5.41, 5.74) is 4.80. The molecular formula is C14H18N2O3. The lowest BCUT2D eigenvalue weighted by Gasteiger charge is -2.26. The van der Waals surface area contributed by atoms with Gasteiger partial charge in [0.15, 0.2) is 11.3 Å². The number of Topliss-reactive ketones (excluding diaryl/α,β-unsaturated/α-hetero) is 1. The SMILES string of the molecule is N[C@@](Cc1ccccc1)(C(=O)O)C(=O)[C@@H]1CCCN1. The molecule has 1 aromatic rings. The van der Waals surface area contributed by atoms with E-state index in [9.17, 15) is 14.7 Å². The number of rotatable bonds is 5. The summed E-state index contributed by atoms with van der Waals surface area (Å²) in [5.74, 6) is -1.70. The normalized spacial score (nSPS) is 21.8. The summed E-state index contributed by atoms with van der Waals surface area (Å²) in [5, 5.41) is 12.4. The summed E-state index contributed by atoms with van der Waals surface area (Å²) in [6, 6.07) is 8.55. The Bertz CT molecular complexity index is 469. The van der Waals surface area contributed by atoms with Crippen molar-refractivity contribution in [3.63, 3.8) is 0 Å². The van der Waals surface area contributed by atoms with E-state index in [1.165, 1.54) is 0 Å². The van der Waals surface area contributed by atoms with Crippen molar-refractivity contribution in [2.45, 2.75) is 30.8 Å². The van der Waals surface area contributed by atoms with Crippen molar-refractivity contribution in [3.8, 4) is 0 Å². The summed E-state index contributed by atoms with van der Waals surface area (Å²) in [7, 11) is 0. The van der Waals surface area contributed by atoms with E-state index in [1.54, 1.807) is 24.3 Å². The highest BCUT2D eigenvalue weighted by molar-refractivity contribution is 6.10. The largest absolute Gasteiger partial charge is 0.480 e. The van der Waals surface area contributed by atoms with Crippen LogP contribution in [0, 0.1) is 0 Å². The van der Waals surface area contributed by atoms with E-state index >= 15 is 0 Å². The number of carboxylic acids is 1. The molecule has 19 heavy (non-hydrogen) atoms. The van der Waals surface area contributed by atoms with Crippen LogP contribution in [-0.4, -0.2) is 35.0 Å². The van der Waals surface area contributed by atoms with Crippen molar-refractivity contribution in [1.29, 1.82) is 0 Å². The van der Waals surface area contributed by atoms with Crippen LogP contribution in [0.15, 0.2) is 30.3 Å². The molecule has 1 aliphatic rings. The van der Waals surface area contributed by atoms with Crippen LogP contribution >= 0.6 is 0 Å². The predicted molar refractivity (Wildman–Crippen MR) is 70.7 cm³/mol. The van der Waals surface area contributed by atoms with E-state index in [0.29, 0.717) is 6.42 Å². The molecule has 2 rings (SSSR count). The van der Waals surface area contributed by atoms with Crippen LogP contribution in [0.1, 0.15) is 18.4 Å². The Kier molecular flexibility index (Phi) is 3.97. The van der Waals surface area contributed by atoms with Crippen LogP contribution in [0.25, 0.3) is 0 Å². The number of aliphatic carboxylic acids is 1. The molecule has 0 radical (unpaired) electrons. The molecule has 1 aliphatic heterocycles. The minimum Gasteiger partial charge on any atom is -0.480 e. The first-order valence-corrected chi connectivity index (χ1v) is 6.38. The molecule has 0 saturated carbocycles. The number of benzene rings is 1. The minimum atomic E-state index is -1.86. The highest BCUT2D eigenvalue weighted by Gasteiger charge is 2.45. The molecule has 0 aromatic heterocycles. The average Bonchev–Trinajstić information content (AvgIpc) is 2.92. The van der Waals surface area contributed by atoms with Gasteiger partial charge in [-0.25, -0.2) is 4.79 Å². The molecule has 0 amide bonds. The Balaban J connectivity index is 2.22. The number of nitrogens with two attached hydrogens (primary N) is 1. The second-order valence-electron chi connectivity index (χ2n) is 4.95. The topological polar surface area (TPSA) is 92.4 Å². The zero-order chi connectivity index (χ0) is 13.9. The quantitative estimate of drug-likeness (QED) is 0.665. The third-order valence-corrected chi connectivity index (χ3v) is 3.52. The van der Waals surface area contributed by atoms with Gasteiger partial charge < -0.3 is 16.2 Å². The molecule has 1 saturated heterocycles. The molecule has 0 spiro atoms. The first-order chi connectivity index (χ1) is 9.04. The molecule has 0 bridgehead atoms. The van der Waals surface area contributed by atoms with Crippen molar-refractivity contribution in [3.05, 3.63) is 35.9 Å². The molecule has 4 N–H and O–H groups in total. The monoisotopic (exact) mass is 262 g/mol. The molecule has 5 heteroatoms. The molecule has 1 aromatic carbocycles. The fourth-order valence-electron chi connectivity index (χ4n) is 2.41. The van der Waals surface area contributed by atoms with Gasteiger partial charge in [0.2, 0.25) is 0 Å². The van der Waals surface area contributed by atoms with Gasteiger partial charge in [-0.05, 0) is 24.9 Å². The lowest BCUT2D eigenvalue weighted by Crippen LogP contribution is -2.61. The molecule has 102 valence electrons. The third kappa shape index (κ3) is 2.83. The summed E-state index contributed by atoms with van der Waals surface area (Å²) in [6.45, 7) is 0.734. The minimum absolute atomic E-state index is 0.0141. The summed E-state index contributed by atoms with van der Waals surface area (Å²) >= 11 is 0. The molecule has 0 aliphatic carbocycles. The summed E-state index contributed by atoms with van der Waals surface area (Å²) < 4.78 is 0. The average molecular weight is 262 g/mol. The number of ketones is 1. The highest BCUT2D eigenvalue weighted by Crippen LogP contribution is 2.18. The Labute approximate surface area is 111 Å². The van der Waals surface area contributed by atoms with E-state index < -0.39 is 23.3 Å². The number of carbonyl (C=O) groups is 2. The Hall–Kier alpha value is -1.72. The maximum atomic E-state index is 12.3. The number of hydrogen-bond donors (Lipinski definition) is 3. The van der Waals surface area contributed by atoms with Crippen LogP contribution in [0.4, 0.5) is 0 Å². The standard InChI is InChI=1S/C14H18N2O3/c15-14(13(18)19,9-10-5-2-1-3-6-10)12(17)11-7-4-8-16-11/h1-3,5-6,11,16H,4,7-9,15H2,(H,18,19)/t11-,14+/m0/s1. The smallest absolute Gasteiger partial charge is 0.331 e. The first kappa shape index (κ1) is 13.7. The van der Waals surface area contributed by atoms with E-state index in [1.807, 2.05) is 6.07 Å². The number of carboxylic acid groups (broad SMARTS) is 1. The number of carbonyl (C=O) groups excluding carboxylic acids is 1. The van der Waals surface area contributed by atoms with Gasteiger partial charge in [0, 0.05) is 6.42 Å². The van der Waals surface area contributed by atoms with Crippen LogP contribution < -0.4 is 11.1 Å². The number of hydrogen-bond acceptors (Lipinski definition) is 4. The van der Waals surface area contributed by atoms with E-state index in [-0.39, 0.29) is 6.42 Å². The predicted octanol–water partition coefficient (Wildman–Crippen LogP) is 0.332. The molecule has 0 unspecified atom stereocenters. The van der Waals surface area contributed by atoms with Gasteiger partial charge >= 0.3 is 5.97 Å². The molecule has 5 nitrogen and oxygen atoms in total. The third-order valence-electron chi connectivity index (χ3n) is 3.52. The second-order valence-corrected chi connectivity index (χ2v) is 4.95. The van der Waals surface area contributed by atoms with Crippen LogP contribution in [-0.2, 0) is 16.0 Å². The lowest BCUT2D eigenvalue weighted by atomic mass is 9.84. The fraction of sp³-hybridized carbons (Fsp3) is 0.429. The van der Waals surface area contributed by atoms with Gasteiger partial charge in [0.1, 0.15) is 0 Å². The van der Waals surface area contributed by atoms with Gasteiger partial charge in [-0.1, -0.05) is 30.3 Å². The fourth-order valence-corrected chi connectivity index (χ4v) is 2.41. The van der Waals surface area contributed by atoms with Crippen molar-refractivity contribution in [2.75, 3.05) is 6.54 Å². The van der Waals surface area contributed by atoms with Crippen LogP contribution in [0.3, 0.4) is 0 Å². The van der Waals surface area contributed by atoms with Crippen molar-refractivity contribution >= 4 is 11.8 Å². The van der Waals surface area contributed by atoms with Crippen LogP contribution in [0.5, 0.6) is 0 Å². The van der Waals surface area contributed by atoms with Crippen LogP contribution in [0.2, 0.25) is 0 Å². The molecular weight excluding hydrogens is 244 g/mol. The molecule has 1 fully saturated rings. The first-order valence-electron chi connectivity index (χ1n) is 6.38. The van der Waals surface area contributed by atoms with E-state index in [0.717, 1.165) is 18.5 Å². The lowest BCUT2D eigenvalue weighted by molar-refractivity contribution is -0.148. The molecule has 1 heterocycles.